The molecule has 0 bridgehead atoms. The first kappa shape index (κ1) is 14.5. The molecule has 0 spiro atoms. The van der Waals surface area contributed by atoms with Crippen molar-refractivity contribution in [3.05, 3.63) is 23.4 Å². The Morgan fingerprint density at radius 1 is 1.35 bits per heavy atom. The van der Waals surface area contributed by atoms with E-state index in [9.17, 15) is 9.59 Å². The Bertz CT molecular complexity index is 502. The Balaban J connectivity index is 1.83. The van der Waals surface area contributed by atoms with Crippen LogP contribution < -0.4 is 16.0 Å². The zero-order chi connectivity index (χ0) is 14.5. The maximum absolute atomic E-state index is 11.4. The van der Waals surface area contributed by atoms with Crippen LogP contribution in [0.1, 0.15) is 0 Å². The van der Waals surface area contributed by atoms with E-state index in [1.54, 1.807) is 12.3 Å². The molecule has 0 unspecified atom stereocenters. The quantitative estimate of drug-likeness (QED) is 0.823. The van der Waals surface area contributed by atoms with Crippen LogP contribution in [0, 0.1) is 0 Å². The van der Waals surface area contributed by atoms with E-state index in [-0.39, 0.29) is 12.5 Å². The van der Waals surface area contributed by atoms with Crippen LogP contribution in [0.5, 0.6) is 0 Å². The summed E-state index contributed by atoms with van der Waals surface area (Å²) in [6.45, 7) is 3.08. The number of primary amides is 1. The van der Waals surface area contributed by atoms with Gasteiger partial charge in [-0.25, -0.2) is 9.78 Å². The molecule has 0 radical (unpaired) electrons. The number of hydrogen-bond acceptors (Lipinski definition) is 5. The van der Waals surface area contributed by atoms with Crippen molar-refractivity contribution in [1.82, 2.24) is 15.2 Å². The monoisotopic (exact) mass is 297 g/mol. The smallest absolute Gasteiger partial charge is 0.318 e. The zero-order valence-corrected chi connectivity index (χ0v) is 11.6. The highest BCUT2D eigenvalue weighted by molar-refractivity contribution is 6.30. The molecule has 1 aliphatic rings. The highest BCUT2D eigenvalue weighted by atomic mass is 35.5. The number of nitrogens with two attached hydrogens (primary N) is 1. The molecule has 0 aliphatic carbocycles. The third kappa shape index (κ3) is 4.07. The number of rotatable bonds is 3. The highest BCUT2D eigenvalue weighted by Crippen LogP contribution is 2.17. The Labute approximate surface area is 121 Å². The molecule has 2 rings (SSSR count). The van der Waals surface area contributed by atoms with Gasteiger partial charge < -0.3 is 10.6 Å². The van der Waals surface area contributed by atoms with Gasteiger partial charge in [0, 0.05) is 37.4 Å². The van der Waals surface area contributed by atoms with Crippen molar-refractivity contribution in [2.45, 2.75) is 0 Å². The highest BCUT2D eigenvalue weighted by Gasteiger charge is 2.20. The molecule has 1 aromatic heterocycles. The molecule has 0 aromatic carbocycles. The first-order valence-corrected chi connectivity index (χ1v) is 6.60. The summed E-state index contributed by atoms with van der Waals surface area (Å²) in [4.78, 5) is 30.3. The van der Waals surface area contributed by atoms with Crippen LogP contribution in [-0.2, 0) is 4.79 Å². The summed E-state index contributed by atoms with van der Waals surface area (Å²) in [5, 5.41) is 2.71. The standard InChI is InChI=1S/C12H16ClN5O2/c13-9-1-2-15-10(7-9)18-5-3-17(4-6-18)8-11(19)16-12(14)20/h1-2,7H,3-6,8H2,(H3,14,16,19,20). The molecule has 1 aliphatic heterocycles. The number of halogens is 1. The average Bonchev–Trinajstić information content (AvgIpc) is 2.38. The number of piperazine rings is 1. The van der Waals surface area contributed by atoms with E-state index in [2.05, 4.69) is 15.2 Å². The van der Waals surface area contributed by atoms with E-state index >= 15 is 0 Å². The predicted molar refractivity (Wildman–Crippen MR) is 75.6 cm³/mol. The summed E-state index contributed by atoms with van der Waals surface area (Å²) in [5.74, 6) is 0.450. The number of nitrogens with one attached hydrogen (secondary N) is 1. The fraction of sp³-hybridized carbons (Fsp3) is 0.417. The van der Waals surface area contributed by atoms with Crippen LogP contribution in [0.4, 0.5) is 10.6 Å². The van der Waals surface area contributed by atoms with Gasteiger partial charge in [-0.15, -0.1) is 0 Å². The van der Waals surface area contributed by atoms with Crippen molar-refractivity contribution in [3.8, 4) is 0 Å². The van der Waals surface area contributed by atoms with Gasteiger partial charge in [0.1, 0.15) is 5.82 Å². The minimum atomic E-state index is -0.822. The van der Waals surface area contributed by atoms with E-state index in [4.69, 9.17) is 17.3 Å². The third-order valence-corrected chi connectivity index (χ3v) is 3.27. The van der Waals surface area contributed by atoms with Crippen LogP contribution in [0.2, 0.25) is 5.02 Å². The van der Waals surface area contributed by atoms with Crippen molar-refractivity contribution in [3.63, 3.8) is 0 Å². The van der Waals surface area contributed by atoms with Crippen molar-refractivity contribution in [2.75, 3.05) is 37.6 Å². The van der Waals surface area contributed by atoms with E-state index in [0.717, 1.165) is 18.9 Å². The van der Waals surface area contributed by atoms with Crippen LogP contribution in [0.3, 0.4) is 0 Å². The van der Waals surface area contributed by atoms with E-state index in [1.165, 1.54) is 0 Å². The van der Waals surface area contributed by atoms with Gasteiger partial charge in [-0.1, -0.05) is 11.6 Å². The van der Waals surface area contributed by atoms with Gasteiger partial charge >= 0.3 is 6.03 Å². The van der Waals surface area contributed by atoms with Crippen molar-refractivity contribution < 1.29 is 9.59 Å². The first-order valence-electron chi connectivity index (χ1n) is 6.23. The molecule has 108 valence electrons. The largest absolute Gasteiger partial charge is 0.354 e. The predicted octanol–water partition coefficient (Wildman–Crippen LogP) is 0.0519. The number of anilines is 1. The molecule has 3 N–H and O–H groups in total. The van der Waals surface area contributed by atoms with Crippen molar-refractivity contribution in [2.24, 2.45) is 5.73 Å². The number of aromatic nitrogens is 1. The molecule has 0 atom stereocenters. The van der Waals surface area contributed by atoms with E-state index in [1.807, 2.05) is 11.0 Å². The molecular formula is C12H16ClN5O2. The average molecular weight is 298 g/mol. The van der Waals surface area contributed by atoms with E-state index in [0.29, 0.717) is 18.1 Å². The second-order valence-electron chi connectivity index (χ2n) is 4.51. The summed E-state index contributed by atoms with van der Waals surface area (Å²) in [6.07, 6.45) is 1.67. The first-order chi connectivity index (χ1) is 9.54. The molecule has 1 fully saturated rings. The number of hydrogen-bond donors (Lipinski definition) is 2. The summed E-state index contributed by atoms with van der Waals surface area (Å²) >= 11 is 5.94. The molecule has 0 saturated carbocycles. The van der Waals surface area contributed by atoms with Crippen LogP contribution in [-0.4, -0.2) is 54.5 Å². The lowest BCUT2D eigenvalue weighted by Gasteiger charge is -2.34. The van der Waals surface area contributed by atoms with Crippen LogP contribution >= 0.6 is 11.6 Å². The number of amides is 3. The molecule has 1 saturated heterocycles. The Kier molecular flexibility index (Phi) is 4.75. The second kappa shape index (κ2) is 6.53. The summed E-state index contributed by atoms with van der Waals surface area (Å²) < 4.78 is 0. The van der Waals surface area contributed by atoms with Gasteiger partial charge in [-0.2, -0.15) is 0 Å². The Morgan fingerprint density at radius 3 is 2.65 bits per heavy atom. The molecule has 3 amide bonds. The Morgan fingerprint density at radius 2 is 2.05 bits per heavy atom. The van der Waals surface area contributed by atoms with Crippen molar-refractivity contribution in [1.29, 1.82) is 0 Å². The molecular weight excluding hydrogens is 282 g/mol. The molecule has 7 nitrogen and oxygen atoms in total. The fourth-order valence-corrected chi connectivity index (χ4v) is 2.24. The number of urea groups is 1. The minimum absolute atomic E-state index is 0.166. The number of carbonyl (C=O) groups excluding carboxylic acids is 2. The number of pyridine rings is 1. The SMILES string of the molecule is NC(=O)NC(=O)CN1CCN(c2cc(Cl)ccn2)CC1. The van der Waals surface area contributed by atoms with Crippen LogP contribution in [0.15, 0.2) is 18.3 Å². The lowest BCUT2D eigenvalue weighted by atomic mass is 10.3. The van der Waals surface area contributed by atoms with E-state index < -0.39 is 6.03 Å². The van der Waals surface area contributed by atoms with Gasteiger partial charge in [-0.05, 0) is 12.1 Å². The fourth-order valence-electron chi connectivity index (χ4n) is 2.08. The molecule has 8 heteroatoms. The zero-order valence-electron chi connectivity index (χ0n) is 10.9. The lowest BCUT2D eigenvalue weighted by Crippen LogP contribution is -2.50. The maximum Gasteiger partial charge on any atom is 0.318 e. The van der Waals surface area contributed by atoms with Crippen molar-refractivity contribution >= 4 is 29.4 Å². The minimum Gasteiger partial charge on any atom is -0.354 e. The molecule has 2 heterocycles. The van der Waals surface area contributed by atoms with Gasteiger partial charge in [0.2, 0.25) is 5.91 Å². The van der Waals surface area contributed by atoms with Gasteiger partial charge in [0.25, 0.3) is 0 Å². The molecule has 1 aromatic rings. The summed E-state index contributed by atoms with van der Waals surface area (Å²) in [6, 6.07) is 2.73. The van der Waals surface area contributed by atoms with Crippen LogP contribution in [0.25, 0.3) is 0 Å². The summed E-state index contributed by atoms with van der Waals surface area (Å²) in [7, 11) is 0. The third-order valence-electron chi connectivity index (χ3n) is 3.03. The number of imide groups is 1. The summed E-state index contributed by atoms with van der Waals surface area (Å²) in [5.41, 5.74) is 4.89. The topological polar surface area (TPSA) is 91.6 Å². The van der Waals surface area contributed by atoms with Gasteiger partial charge in [0.05, 0.1) is 6.54 Å². The van der Waals surface area contributed by atoms with Gasteiger partial charge in [0.15, 0.2) is 0 Å². The maximum atomic E-state index is 11.4. The second-order valence-corrected chi connectivity index (χ2v) is 4.94. The number of carbonyl (C=O) groups is 2. The number of nitrogens with zero attached hydrogens (tertiary/aromatic N) is 3. The molecule has 20 heavy (non-hydrogen) atoms. The van der Waals surface area contributed by atoms with Gasteiger partial charge in [-0.3, -0.25) is 15.0 Å². The normalized spacial score (nSPS) is 15.9. The lowest BCUT2D eigenvalue weighted by molar-refractivity contribution is -0.121. The Hall–Kier alpha value is -1.86.